The number of hydrogen-bond donors (Lipinski definition) is 4. The van der Waals surface area contributed by atoms with Crippen molar-refractivity contribution in [3.8, 4) is 0 Å². The molecule has 2 aromatic rings. The number of benzene rings is 2. The molecule has 2 aliphatic carbocycles. The van der Waals surface area contributed by atoms with Crippen LogP contribution in [0, 0.1) is 0 Å². The Balaban J connectivity index is 0.000000220. The predicted octanol–water partition coefficient (Wildman–Crippen LogP) is 1.96. The van der Waals surface area contributed by atoms with Crippen molar-refractivity contribution in [2.45, 2.75) is 87.1 Å². The summed E-state index contributed by atoms with van der Waals surface area (Å²) in [5, 5.41) is 5.99. The molecule has 40 heavy (non-hydrogen) atoms. The molecule has 2 aromatic carbocycles. The molecule has 0 saturated carbocycles. The van der Waals surface area contributed by atoms with E-state index in [0.717, 1.165) is 47.9 Å². The fourth-order valence-corrected chi connectivity index (χ4v) is 6.58. The third-order valence-corrected chi connectivity index (χ3v) is 9.89. The summed E-state index contributed by atoms with van der Waals surface area (Å²) in [6.07, 6.45) is 5.65. The number of rotatable bonds is 10. The van der Waals surface area contributed by atoms with Gasteiger partial charge in [0.2, 0.25) is 31.9 Å². The van der Waals surface area contributed by atoms with Crippen LogP contribution in [0.4, 0.5) is 0 Å². The molecule has 0 saturated heterocycles. The Bertz CT molecular complexity index is 1330. The van der Waals surface area contributed by atoms with E-state index in [2.05, 4.69) is 20.1 Å². The summed E-state index contributed by atoms with van der Waals surface area (Å²) in [5.74, 6) is 0.127. The maximum Gasteiger partial charge on any atom is 0.240 e. The number of fused-ring (bicyclic) bond motifs is 2. The first kappa shape index (κ1) is 31.7. The van der Waals surface area contributed by atoms with E-state index in [-0.39, 0.29) is 33.7 Å². The van der Waals surface area contributed by atoms with Gasteiger partial charge in [-0.15, -0.1) is 0 Å². The molecule has 12 heteroatoms. The van der Waals surface area contributed by atoms with E-state index in [4.69, 9.17) is 0 Å². The molecule has 0 fully saturated rings. The number of sulfonamides is 2. The fraction of sp³-hybridized carbons (Fsp3) is 0.500. The molecule has 0 aromatic heterocycles. The smallest absolute Gasteiger partial charge is 0.240 e. The van der Waals surface area contributed by atoms with Gasteiger partial charge in [0.1, 0.15) is 0 Å². The zero-order chi connectivity index (χ0) is 29.5. The first-order valence-electron chi connectivity index (χ1n) is 13.6. The Morgan fingerprint density at radius 2 is 1.00 bits per heavy atom. The van der Waals surface area contributed by atoms with Crippen LogP contribution in [-0.2, 0) is 55.3 Å². The van der Waals surface area contributed by atoms with Gasteiger partial charge in [0, 0.05) is 24.9 Å². The lowest BCUT2D eigenvalue weighted by atomic mass is 10.1. The minimum atomic E-state index is -3.41. The van der Waals surface area contributed by atoms with Crippen molar-refractivity contribution in [2.75, 3.05) is 14.1 Å². The Morgan fingerprint density at radius 1 is 0.650 bits per heavy atom. The Kier molecular flexibility index (Phi) is 10.9. The van der Waals surface area contributed by atoms with Gasteiger partial charge < -0.3 is 10.6 Å². The van der Waals surface area contributed by atoms with Crippen LogP contribution in [0.1, 0.15) is 61.8 Å². The molecular weight excluding hydrogens is 552 g/mol. The van der Waals surface area contributed by atoms with Crippen LogP contribution < -0.4 is 20.1 Å². The van der Waals surface area contributed by atoms with E-state index in [1.807, 2.05) is 26.0 Å². The van der Waals surface area contributed by atoms with Crippen LogP contribution in [0.3, 0.4) is 0 Å². The van der Waals surface area contributed by atoms with E-state index in [1.165, 1.54) is 14.1 Å². The summed E-state index contributed by atoms with van der Waals surface area (Å²) in [5.41, 5.74) is 4.23. The van der Waals surface area contributed by atoms with E-state index >= 15 is 0 Å². The maximum absolute atomic E-state index is 11.8. The van der Waals surface area contributed by atoms with Gasteiger partial charge in [0.15, 0.2) is 0 Å². The molecule has 0 spiro atoms. The molecule has 4 rings (SSSR count). The van der Waals surface area contributed by atoms with Gasteiger partial charge >= 0.3 is 0 Å². The fourth-order valence-electron chi connectivity index (χ4n) is 5.02. The van der Waals surface area contributed by atoms with Crippen molar-refractivity contribution < 1.29 is 26.4 Å². The molecule has 220 valence electrons. The van der Waals surface area contributed by atoms with Gasteiger partial charge in [0.05, 0.1) is 9.79 Å². The van der Waals surface area contributed by atoms with Crippen molar-refractivity contribution in [2.24, 2.45) is 0 Å². The van der Waals surface area contributed by atoms with Crippen LogP contribution in [0.2, 0.25) is 0 Å². The molecule has 10 nitrogen and oxygen atoms in total. The lowest BCUT2D eigenvalue weighted by molar-refractivity contribution is -0.122. The Hall–Kier alpha value is -2.80. The molecule has 2 aliphatic rings. The molecule has 4 N–H and O–H groups in total. The lowest BCUT2D eigenvalue weighted by Gasteiger charge is -2.11. The Labute approximate surface area is 237 Å². The highest BCUT2D eigenvalue weighted by Gasteiger charge is 2.26. The van der Waals surface area contributed by atoms with Crippen molar-refractivity contribution in [3.63, 3.8) is 0 Å². The van der Waals surface area contributed by atoms with Gasteiger partial charge in [-0.25, -0.2) is 26.3 Å². The molecule has 0 bridgehead atoms. The minimum Gasteiger partial charge on any atom is -0.353 e. The lowest BCUT2D eigenvalue weighted by Crippen LogP contribution is -2.35. The molecule has 2 unspecified atom stereocenters. The molecule has 0 aliphatic heterocycles. The van der Waals surface area contributed by atoms with Crippen molar-refractivity contribution in [1.82, 2.24) is 20.1 Å². The van der Waals surface area contributed by atoms with E-state index in [1.54, 1.807) is 24.3 Å². The van der Waals surface area contributed by atoms with E-state index < -0.39 is 20.0 Å². The third-order valence-electron chi connectivity index (χ3n) is 7.06. The molecular formula is C28H40N4O6S2. The predicted molar refractivity (Wildman–Crippen MR) is 154 cm³/mol. The van der Waals surface area contributed by atoms with Crippen LogP contribution in [-0.4, -0.2) is 54.8 Å². The van der Waals surface area contributed by atoms with Crippen molar-refractivity contribution in [1.29, 1.82) is 0 Å². The summed E-state index contributed by atoms with van der Waals surface area (Å²) in [7, 11) is -4.01. The largest absolute Gasteiger partial charge is 0.353 e. The van der Waals surface area contributed by atoms with Gasteiger partial charge in [0.25, 0.3) is 0 Å². The first-order valence-corrected chi connectivity index (χ1v) is 16.6. The molecule has 2 amide bonds. The zero-order valence-corrected chi connectivity index (χ0v) is 25.2. The minimum absolute atomic E-state index is 0.0633. The highest BCUT2D eigenvalue weighted by Crippen LogP contribution is 2.26. The summed E-state index contributed by atoms with van der Waals surface area (Å²) in [6.45, 7) is 3.94. The highest BCUT2D eigenvalue weighted by atomic mass is 32.2. The quantitative estimate of drug-likeness (QED) is 0.331. The second-order valence-electron chi connectivity index (χ2n) is 10.1. The number of amides is 2. The highest BCUT2D eigenvalue weighted by molar-refractivity contribution is 7.89. The molecule has 0 radical (unpaired) electrons. The van der Waals surface area contributed by atoms with Gasteiger partial charge in [-0.1, -0.05) is 26.0 Å². The van der Waals surface area contributed by atoms with Gasteiger partial charge in [-0.3, -0.25) is 9.59 Å². The normalized spacial score (nSPS) is 17.8. The van der Waals surface area contributed by atoms with Gasteiger partial charge in [-0.2, -0.15) is 0 Å². The second kappa shape index (κ2) is 13.7. The zero-order valence-electron chi connectivity index (χ0n) is 23.5. The topological polar surface area (TPSA) is 151 Å². The van der Waals surface area contributed by atoms with Crippen molar-refractivity contribution >= 4 is 31.9 Å². The maximum atomic E-state index is 11.8. The summed E-state index contributed by atoms with van der Waals surface area (Å²) < 4.78 is 51.7. The van der Waals surface area contributed by atoms with E-state index in [0.29, 0.717) is 25.7 Å². The SMILES string of the molecule is CCCC(=O)NC1Cc2ccc(S(=O)(=O)NC)cc2C1.CCCC(=O)NC1Cc2ccc(S(=O)(=O)NC)cc2C1. The molecule has 0 heterocycles. The summed E-state index contributed by atoms with van der Waals surface area (Å²) in [6, 6.07) is 10.5. The Morgan fingerprint density at radius 3 is 1.32 bits per heavy atom. The van der Waals surface area contributed by atoms with Crippen LogP contribution in [0.15, 0.2) is 46.2 Å². The van der Waals surface area contributed by atoms with Crippen LogP contribution in [0.5, 0.6) is 0 Å². The average Bonchev–Trinajstić information content (AvgIpc) is 3.50. The summed E-state index contributed by atoms with van der Waals surface area (Å²) in [4.78, 5) is 23.8. The number of carbonyl (C=O) groups excluding carboxylic acids is 2. The number of nitrogens with one attached hydrogen (secondary N) is 4. The van der Waals surface area contributed by atoms with E-state index in [9.17, 15) is 26.4 Å². The standard InChI is InChI=1S/2C14H20N2O3S/c2*1-3-4-14(17)16-12-7-10-5-6-13(9-11(10)8-12)20(18,19)15-2/h2*5-6,9,12,15H,3-4,7-8H2,1-2H3,(H,16,17). The number of carbonyl (C=O) groups is 2. The first-order chi connectivity index (χ1) is 18.9. The monoisotopic (exact) mass is 592 g/mol. The summed E-state index contributed by atoms with van der Waals surface area (Å²) >= 11 is 0. The van der Waals surface area contributed by atoms with Crippen LogP contribution >= 0.6 is 0 Å². The third kappa shape index (κ3) is 8.12. The molecule has 2 atom stereocenters. The number of hydrogen-bond acceptors (Lipinski definition) is 6. The van der Waals surface area contributed by atoms with Crippen LogP contribution in [0.25, 0.3) is 0 Å². The second-order valence-corrected chi connectivity index (χ2v) is 13.9. The van der Waals surface area contributed by atoms with Crippen molar-refractivity contribution in [3.05, 3.63) is 58.7 Å². The average molecular weight is 593 g/mol. The van der Waals surface area contributed by atoms with Gasteiger partial charge in [-0.05, 0) is 99.1 Å².